The molecule has 1 aromatic carbocycles. The summed E-state index contributed by atoms with van der Waals surface area (Å²) in [5.74, 6) is 1.05. The highest BCUT2D eigenvalue weighted by molar-refractivity contribution is 14.1. The average molecular weight is 530 g/mol. The first kappa shape index (κ1) is 21.0. The smallest absolute Gasteiger partial charge is 0.203 e. The van der Waals surface area contributed by atoms with Crippen LogP contribution in [0.15, 0.2) is 43.9 Å². The molecule has 1 aliphatic heterocycles. The quantitative estimate of drug-likeness (QED) is 0.396. The van der Waals surface area contributed by atoms with Crippen LogP contribution < -0.4 is 0 Å². The molecule has 1 aliphatic rings. The minimum absolute atomic E-state index is 0.520. The number of pyridine rings is 1. The first-order valence-electron chi connectivity index (χ1n) is 9.84. The van der Waals surface area contributed by atoms with E-state index in [9.17, 15) is 5.26 Å². The van der Waals surface area contributed by atoms with Crippen molar-refractivity contribution in [1.29, 1.82) is 5.26 Å². The van der Waals surface area contributed by atoms with E-state index in [4.69, 9.17) is 21.6 Å². The van der Waals surface area contributed by atoms with E-state index in [0.717, 1.165) is 55.8 Å². The average Bonchev–Trinajstić information content (AvgIpc) is 3.22. The van der Waals surface area contributed by atoms with Crippen molar-refractivity contribution in [3.63, 3.8) is 0 Å². The Kier molecular flexibility index (Phi) is 5.69. The van der Waals surface area contributed by atoms with Crippen LogP contribution in [0, 0.1) is 25.2 Å². The van der Waals surface area contributed by atoms with Gasteiger partial charge in [-0.25, -0.2) is 9.97 Å². The van der Waals surface area contributed by atoms with Gasteiger partial charge in [0.25, 0.3) is 0 Å². The Labute approximate surface area is 194 Å². The molecule has 152 valence electrons. The molecule has 5 nitrogen and oxygen atoms in total. The number of aryl methyl sites for hydroxylation is 3. The standard InChI is InChI=1S/C23H21ClIN5/c1-4-5-19-29-20-14(2)10-15(3)28-22(20)30(19)12-16-6-8-17(9-7-16)23(13-26)21(25)18(24)11-27-23/h6-11H,4-5,12H2,1-3H3. The second-order valence-corrected chi connectivity index (χ2v) is 9.04. The molecule has 0 amide bonds. The summed E-state index contributed by atoms with van der Waals surface area (Å²) in [4.78, 5) is 14.1. The van der Waals surface area contributed by atoms with E-state index in [2.05, 4.69) is 58.1 Å². The van der Waals surface area contributed by atoms with Crippen molar-refractivity contribution in [2.24, 2.45) is 4.99 Å². The number of benzene rings is 1. The third-order valence-electron chi connectivity index (χ3n) is 5.35. The zero-order valence-electron chi connectivity index (χ0n) is 17.1. The molecule has 0 bridgehead atoms. The van der Waals surface area contributed by atoms with Crippen molar-refractivity contribution >= 4 is 51.6 Å². The highest BCUT2D eigenvalue weighted by Gasteiger charge is 2.39. The summed E-state index contributed by atoms with van der Waals surface area (Å²) in [6, 6.07) is 12.4. The fourth-order valence-corrected chi connectivity index (χ4v) is 4.74. The van der Waals surface area contributed by atoms with Gasteiger partial charge in [-0.2, -0.15) is 5.26 Å². The molecule has 7 heteroatoms. The first-order chi connectivity index (χ1) is 14.4. The van der Waals surface area contributed by atoms with E-state index in [0.29, 0.717) is 11.6 Å². The van der Waals surface area contributed by atoms with Gasteiger partial charge in [0, 0.05) is 18.3 Å². The highest BCUT2D eigenvalue weighted by Crippen LogP contribution is 2.43. The first-order valence-corrected chi connectivity index (χ1v) is 11.3. The maximum atomic E-state index is 9.82. The van der Waals surface area contributed by atoms with E-state index in [1.807, 2.05) is 31.2 Å². The van der Waals surface area contributed by atoms with Crippen molar-refractivity contribution in [3.8, 4) is 6.07 Å². The molecular formula is C23H21ClIN5. The molecule has 4 rings (SSSR count). The monoisotopic (exact) mass is 529 g/mol. The van der Waals surface area contributed by atoms with Crippen molar-refractivity contribution in [1.82, 2.24) is 14.5 Å². The van der Waals surface area contributed by atoms with Crippen LogP contribution in [0.25, 0.3) is 11.2 Å². The van der Waals surface area contributed by atoms with Crippen molar-refractivity contribution in [3.05, 3.63) is 67.2 Å². The van der Waals surface area contributed by atoms with Gasteiger partial charge in [-0.1, -0.05) is 42.8 Å². The Bertz CT molecular complexity index is 1230. The Balaban J connectivity index is 1.73. The van der Waals surface area contributed by atoms with E-state index in [1.54, 1.807) is 6.21 Å². The molecule has 0 aliphatic carbocycles. The number of hydrogen-bond donors (Lipinski definition) is 0. The second-order valence-electron chi connectivity index (χ2n) is 7.56. The van der Waals surface area contributed by atoms with Crippen LogP contribution in [0.4, 0.5) is 0 Å². The van der Waals surface area contributed by atoms with E-state index in [-0.39, 0.29) is 0 Å². The zero-order chi connectivity index (χ0) is 21.5. The molecule has 0 fully saturated rings. The normalized spacial score (nSPS) is 18.4. The number of fused-ring (bicyclic) bond motifs is 1. The highest BCUT2D eigenvalue weighted by atomic mass is 127. The van der Waals surface area contributed by atoms with Crippen LogP contribution in [-0.2, 0) is 18.5 Å². The van der Waals surface area contributed by atoms with Crippen molar-refractivity contribution in [2.75, 3.05) is 0 Å². The molecule has 0 saturated heterocycles. The van der Waals surface area contributed by atoms with Gasteiger partial charge in [-0.3, -0.25) is 4.99 Å². The molecule has 30 heavy (non-hydrogen) atoms. The largest absolute Gasteiger partial charge is 0.308 e. The number of aromatic nitrogens is 3. The van der Waals surface area contributed by atoms with E-state index < -0.39 is 5.54 Å². The predicted molar refractivity (Wildman–Crippen MR) is 129 cm³/mol. The number of halogens is 2. The van der Waals surface area contributed by atoms with Gasteiger partial charge in [-0.15, -0.1) is 0 Å². The lowest BCUT2D eigenvalue weighted by Crippen LogP contribution is -2.19. The Morgan fingerprint density at radius 2 is 1.93 bits per heavy atom. The van der Waals surface area contributed by atoms with Gasteiger partial charge in [0.1, 0.15) is 17.4 Å². The van der Waals surface area contributed by atoms with Crippen LogP contribution in [0.1, 0.15) is 41.6 Å². The minimum atomic E-state index is -1.04. The molecule has 0 radical (unpaired) electrons. The lowest BCUT2D eigenvalue weighted by molar-refractivity contribution is 0.712. The van der Waals surface area contributed by atoms with E-state index >= 15 is 0 Å². The van der Waals surface area contributed by atoms with Gasteiger partial charge in [0.05, 0.1) is 15.2 Å². The Morgan fingerprint density at radius 1 is 1.20 bits per heavy atom. The summed E-state index contributed by atoms with van der Waals surface area (Å²) >= 11 is 8.30. The van der Waals surface area contributed by atoms with Gasteiger partial charge in [0.15, 0.2) is 5.65 Å². The van der Waals surface area contributed by atoms with Gasteiger partial charge < -0.3 is 4.57 Å². The zero-order valence-corrected chi connectivity index (χ0v) is 20.0. The number of allylic oxidation sites excluding steroid dienone is 1. The van der Waals surface area contributed by atoms with Crippen LogP contribution in [0.5, 0.6) is 0 Å². The molecule has 0 spiro atoms. The SMILES string of the molecule is CCCc1nc2c(C)cc(C)nc2n1Cc1ccc(C2(C#N)N=CC(Cl)=C2I)cc1. The van der Waals surface area contributed by atoms with Crippen LogP contribution in [0.2, 0.25) is 0 Å². The number of nitrogens with zero attached hydrogens (tertiary/aromatic N) is 5. The number of aliphatic imine (C=N–C) groups is 1. The summed E-state index contributed by atoms with van der Waals surface area (Å²) < 4.78 is 2.94. The van der Waals surface area contributed by atoms with Crippen LogP contribution in [-0.4, -0.2) is 20.7 Å². The summed E-state index contributed by atoms with van der Waals surface area (Å²) in [7, 11) is 0. The fourth-order valence-electron chi connectivity index (χ4n) is 3.85. The van der Waals surface area contributed by atoms with Crippen molar-refractivity contribution in [2.45, 2.75) is 45.7 Å². The van der Waals surface area contributed by atoms with Crippen LogP contribution in [0.3, 0.4) is 0 Å². The summed E-state index contributed by atoms with van der Waals surface area (Å²) in [6.07, 6.45) is 3.49. The molecule has 1 atom stereocenters. The molecule has 1 unspecified atom stereocenters. The second kappa shape index (κ2) is 8.12. The molecule has 3 heterocycles. The summed E-state index contributed by atoms with van der Waals surface area (Å²) in [6.45, 7) is 6.94. The molecule has 0 saturated carbocycles. The lowest BCUT2D eigenvalue weighted by atomic mass is 9.92. The predicted octanol–water partition coefficient (Wildman–Crippen LogP) is 5.74. The van der Waals surface area contributed by atoms with Gasteiger partial charge in [0.2, 0.25) is 5.54 Å². The third kappa shape index (κ3) is 3.44. The summed E-state index contributed by atoms with van der Waals surface area (Å²) in [5.41, 5.74) is 4.94. The maximum Gasteiger partial charge on any atom is 0.203 e. The Morgan fingerprint density at radius 3 is 2.53 bits per heavy atom. The number of rotatable bonds is 5. The lowest BCUT2D eigenvalue weighted by Gasteiger charge is -2.19. The van der Waals surface area contributed by atoms with Crippen LogP contribution >= 0.6 is 34.2 Å². The number of hydrogen-bond acceptors (Lipinski definition) is 4. The third-order valence-corrected chi connectivity index (χ3v) is 7.31. The molecule has 3 aromatic rings. The topological polar surface area (TPSA) is 66.9 Å². The van der Waals surface area contributed by atoms with E-state index in [1.165, 1.54) is 0 Å². The van der Waals surface area contributed by atoms with Gasteiger partial charge in [-0.05, 0) is 65.6 Å². The number of nitriles is 1. The maximum absolute atomic E-state index is 9.82. The molecule has 0 N–H and O–H groups in total. The number of imidazole rings is 1. The van der Waals surface area contributed by atoms with Gasteiger partial charge >= 0.3 is 0 Å². The summed E-state index contributed by atoms with van der Waals surface area (Å²) in [5, 5.41) is 10.3. The minimum Gasteiger partial charge on any atom is -0.308 e. The molecule has 2 aromatic heterocycles. The van der Waals surface area contributed by atoms with Crippen molar-refractivity contribution < 1.29 is 0 Å². The molecular weight excluding hydrogens is 509 g/mol. The Hall–Kier alpha value is -2.24. The fraction of sp³-hybridized carbons (Fsp3) is 0.304.